The van der Waals surface area contributed by atoms with E-state index in [-0.39, 0.29) is 11.8 Å². The number of aromatic nitrogens is 2. The van der Waals surface area contributed by atoms with Gasteiger partial charge in [-0.05, 0) is 36.6 Å². The summed E-state index contributed by atoms with van der Waals surface area (Å²) < 4.78 is 0. The number of carbonyl (C=O) groups excluding carboxylic acids is 2. The van der Waals surface area contributed by atoms with Crippen LogP contribution in [-0.4, -0.2) is 28.3 Å². The Labute approximate surface area is 155 Å². The Morgan fingerprint density at radius 2 is 1.96 bits per heavy atom. The van der Waals surface area contributed by atoms with Crippen molar-refractivity contribution >= 4 is 28.3 Å². The predicted molar refractivity (Wildman–Crippen MR) is 102 cm³/mol. The van der Waals surface area contributed by atoms with E-state index in [1.54, 1.807) is 23.8 Å². The van der Waals surface area contributed by atoms with Gasteiger partial charge in [0.1, 0.15) is 5.69 Å². The van der Waals surface area contributed by atoms with Crippen molar-refractivity contribution < 1.29 is 9.59 Å². The first-order valence-electron chi connectivity index (χ1n) is 8.13. The first-order valence-corrected chi connectivity index (χ1v) is 9.01. The van der Waals surface area contributed by atoms with Crippen LogP contribution in [0.15, 0.2) is 54.2 Å². The maximum Gasteiger partial charge on any atom is 0.270 e. The molecule has 2 N–H and O–H groups in total. The molecule has 0 atom stereocenters. The van der Waals surface area contributed by atoms with Crippen LogP contribution in [0.1, 0.15) is 32.0 Å². The molecule has 0 spiro atoms. The highest BCUT2D eigenvalue weighted by molar-refractivity contribution is 7.14. The number of carbonyl (C=O) groups is 2. The second kappa shape index (κ2) is 8.35. The molecular formula is C19H18N4O2S. The van der Waals surface area contributed by atoms with Crippen LogP contribution in [0.2, 0.25) is 0 Å². The fourth-order valence-electron chi connectivity index (χ4n) is 2.38. The summed E-state index contributed by atoms with van der Waals surface area (Å²) in [4.78, 5) is 32.7. The first-order chi connectivity index (χ1) is 12.6. The zero-order valence-electron chi connectivity index (χ0n) is 14.2. The standard InChI is InChI=1S/C19H18N4O2S/c1-13-5-2-3-7-15(13)17(24)23-19-22-16(12-26-19)18(25)21-10-8-14-6-4-9-20-11-14/h2-7,9,11-12H,8,10H2,1H3,(H,21,25)(H,22,23,24). The maximum atomic E-state index is 12.3. The normalized spacial score (nSPS) is 10.3. The summed E-state index contributed by atoms with van der Waals surface area (Å²) in [5, 5.41) is 7.59. The van der Waals surface area contributed by atoms with E-state index in [0.29, 0.717) is 29.4 Å². The summed E-state index contributed by atoms with van der Waals surface area (Å²) in [6.45, 7) is 2.37. The van der Waals surface area contributed by atoms with Gasteiger partial charge in [0.25, 0.3) is 11.8 Å². The number of thiazole rings is 1. The third-order valence-corrected chi connectivity index (χ3v) is 4.53. The number of aryl methyl sites for hydroxylation is 1. The first kappa shape index (κ1) is 17.8. The Hall–Kier alpha value is -3.06. The molecule has 0 fully saturated rings. The Morgan fingerprint density at radius 1 is 1.12 bits per heavy atom. The molecule has 7 heteroatoms. The number of anilines is 1. The molecule has 2 aromatic heterocycles. The smallest absolute Gasteiger partial charge is 0.270 e. The molecule has 2 heterocycles. The average Bonchev–Trinajstić information content (AvgIpc) is 3.11. The summed E-state index contributed by atoms with van der Waals surface area (Å²) in [5.41, 5.74) is 2.82. The van der Waals surface area contributed by atoms with Crippen molar-refractivity contribution in [3.05, 3.63) is 76.6 Å². The SMILES string of the molecule is Cc1ccccc1C(=O)Nc1nc(C(=O)NCCc2cccnc2)cs1. The van der Waals surface area contributed by atoms with Crippen molar-refractivity contribution in [2.24, 2.45) is 0 Å². The molecule has 0 aliphatic heterocycles. The van der Waals surface area contributed by atoms with Gasteiger partial charge >= 0.3 is 0 Å². The topological polar surface area (TPSA) is 84.0 Å². The van der Waals surface area contributed by atoms with Crippen molar-refractivity contribution in [1.29, 1.82) is 0 Å². The molecule has 0 aliphatic rings. The minimum Gasteiger partial charge on any atom is -0.350 e. The van der Waals surface area contributed by atoms with E-state index in [1.165, 1.54) is 11.3 Å². The highest BCUT2D eigenvalue weighted by Gasteiger charge is 2.14. The molecule has 0 unspecified atom stereocenters. The third-order valence-electron chi connectivity index (χ3n) is 3.77. The molecule has 1 aromatic carbocycles. The van der Waals surface area contributed by atoms with Gasteiger partial charge in [0, 0.05) is 29.9 Å². The summed E-state index contributed by atoms with van der Waals surface area (Å²) >= 11 is 1.22. The van der Waals surface area contributed by atoms with Crippen LogP contribution in [0, 0.1) is 6.92 Å². The highest BCUT2D eigenvalue weighted by atomic mass is 32.1. The number of hydrogen-bond donors (Lipinski definition) is 2. The van der Waals surface area contributed by atoms with Crippen molar-refractivity contribution in [3.8, 4) is 0 Å². The van der Waals surface area contributed by atoms with Gasteiger partial charge in [0.2, 0.25) is 0 Å². The lowest BCUT2D eigenvalue weighted by atomic mass is 10.1. The molecule has 26 heavy (non-hydrogen) atoms. The number of nitrogens with one attached hydrogen (secondary N) is 2. The molecule has 0 saturated heterocycles. The zero-order valence-corrected chi connectivity index (χ0v) is 15.0. The second-order valence-corrected chi connectivity index (χ2v) is 6.53. The monoisotopic (exact) mass is 366 g/mol. The van der Waals surface area contributed by atoms with Crippen molar-refractivity contribution in [3.63, 3.8) is 0 Å². The predicted octanol–water partition coefficient (Wildman–Crippen LogP) is 3.07. The van der Waals surface area contributed by atoms with Gasteiger partial charge in [-0.15, -0.1) is 11.3 Å². The number of nitrogens with zero attached hydrogens (tertiary/aromatic N) is 2. The van der Waals surface area contributed by atoms with Gasteiger partial charge in [-0.2, -0.15) is 0 Å². The van der Waals surface area contributed by atoms with Gasteiger partial charge in [0.15, 0.2) is 5.13 Å². The molecule has 3 rings (SSSR count). The molecule has 132 valence electrons. The molecule has 2 amide bonds. The fourth-order valence-corrected chi connectivity index (χ4v) is 3.07. The van der Waals surface area contributed by atoms with Crippen LogP contribution in [-0.2, 0) is 6.42 Å². The molecule has 0 aliphatic carbocycles. The van der Waals surface area contributed by atoms with Crippen LogP contribution in [0.5, 0.6) is 0 Å². The highest BCUT2D eigenvalue weighted by Crippen LogP contribution is 2.17. The molecule has 3 aromatic rings. The molecule has 0 saturated carbocycles. The van der Waals surface area contributed by atoms with E-state index < -0.39 is 0 Å². The average molecular weight is 366 g/mol. The van der Waals surface area contributed by atoms with Crippen LogP contribution in [0.4, 0.5) is 5.13 Å². The fraction of sp³-hybridized carbons (Fsp3) is 0.158. The van der Waals surface area contributed by atoms with Crippen LogP contribution >= 0.6 is 11.3 Å². The molecule has 0 radical (unpaired) electrons. The Morgan fingerprint density at radius 3 is 2.73 bits per heavy atom. The molecule has 0 bridgehead atoms. The minimum absolute atomic E-state index is 0.235. The van der Waals surface area contributed by atoms with Crippen LogP contribution < -0.4 is 10.6 Å². The number of rotatable bonds is 6. The lowest BCUT2D eigenvalue weighted by molar-refractivity contribution is 0.0948. The maximum absolute atomic E-state index is 12.3. The van der Waals surface area contributed by atoms with Crippen molar-refractivity contribution in [2.45, 2.75) is 13.3 Å². The third kappa shape index (κ3) is 4.52. The van der Waals surface area contributed by atoms with E-state index in [1.807, 2.05) is 37.3 Å². The molecule has 6 nitrogen and oxygen atoms in total. The summed E-state index contributed by atoms with van der Waals surface area (Å²) in [5.74, 6) is -0.498. The van der Waals surface area contributed by atoms with Gasteiger partial charge < -0.3 is 5.32 Å². The quantitative estimate of drug-likeness (QED) is 0.702. The Kier molecular flexibility index (Phi) is 5.70. The van der Waals surface area contributed by atoms with E-state index in [4.69, 9.17) is 0 Å². The van der Waals surface area contributed by atoms with Gasteiger partial charge in [-0.1, -0.05) is 24.3 Å². The minimum atomic E-state index is -0.262. The number of benzene rings is 1. The summed E-state index contributed by atoms with van der Waals surface area (Å²) in [7, 11) is 0. The van der Waals surface area contributed by atoms with E-state index in [2.05, 4.69) is 20.6 Å². The van der Waals surface area contributed by atoms with Gasteiger partial charge in [0.05, 0.1) is 0 Å². The van der Waals surface area contributed by atoms with E-state index >= 15 is 0 Å². The second-order valence-electron chi connectivity index (χ2n) is 5.67. The Bertz CT molecular complexity index is 909. The largest absolute Gasteiger partial charge is 0.350 e. The van der Waals surface area contributed by atoms with E-state index in [0.717, 1.165) is 11.1 Å². The van der Waals surface area contributed by atoms with E-state index in [9.17, 15) is 9.59 Å². The van der Waals surface area contributed by atoms with Gasteiger partial charge in [-0.25, -0.2) is 4.98 Å². The van der Waals surface area contributed by atoms with Crippen LogP contribution in [0.3, 0.4) is 0 Å². The van der Waals surface area contributed by atoms with Crippen molar-refractivity contribution in [1.82, 2.24) is 15.3 Å². The lowest BCUT2D eigenvalue weighted by Crippen LogP contribution is -2.26. The molecular weight excluding hydrogens is 348 g/mol. The zero-order chi connectivity index (χ0) is 18.4. The number of pyridine rings is 1. The van der Waals surface area contributed by atoms with Crippen molar-refractivity contribution in [2.75, 3.05) is 11.9 Å². The summed E-state index contributed by atoms with van der Waals surface area (Å²) in [6.07, 6.45) is 4.18. The number of hydrogen-bond acceptors (Lipinski definition) is 5. The number of amides is 2. The Balaban J connectivity index is 1.54. The van der Waals surface area contributed by atoms with Crippen LogP contribution in [0.25, 0.3) is 0 Å². The lowest BCUT2D eigenvalue weighted by Gasteiger charge is -2.05. The summed E-state index contributed by atoms with van der Waals surface area (Å²) in [6, 6.07) is 11.1. The van der Waals surface area contributed by atoms with Gasteiger partial charge in [-0.3, -0.25) is 19.9 Å².